The second-order valence-electron chi connectivity index (χ2n) is 6.01. The Hall–Kier alpha value is -3.18. The van der Waals surface area contributed by atoms with Crippen LogP contribution in [0.25, 0.3) is 0 Å². The van der Waals surface area contributed by atoms with E-state index in [4.69, 9.17) is 10.5 Å². The molecule has 1 aromatic carbocycles. The Morgan fingerprint density at radius 2 is 1.88 bits per heavy atom. The second-order valence-corrected chi connectivity index (χ2v) is 6.01. The van der Waals surface area contributed by atoms with Crippen molar-refractivity contribution in [3.63, 3.8) is 0 Å². The van der Waals surface area contributed by atoms with Gasteiger partial charge in [0.1, 0.15) is 11.8 Å². The van der Waals surface area contributed by atoms with E-state index < -0.39 is 0 Å². The summed E-state index contributed by atoms with van der Waals surface area (Å²) < 4.78 is 0. The summed E-state index contributed by atoms with van der Waals surface area (Å²) in [6.45, 7) is 0. The second kappa shape index (κ2) is 6.52. The van der Waals surface area contributed by atoms with Gasteiger partial charge in [-0.3, -0.25) is 4.79 Å². The molecule has 3 rings (SSSR count). The number of benzene rings is 1. The highest BCUT2D eigenvalue weighted by atomic mass is 16.1. The Labute approximate surface area is 140 Å². The molecular formula is C19H16N4O. The molecule has 0 unspecified atom stereocenters. The molecule has 0 radical (unpaired) electrons. The molecule has 0 atom stereocenters. The molecule has 1 aliphatic rings. The van der Waals surface area contributed by atoms with Crippen molar-refractivity contribution in [2.45, 2.75) is 31.2 Å². The highest BCUT2D eigenvalue weighted by Gasteiger charge is 2.39. The van der Waals surface area contributed by atoms with Crippen LogP contribution in [0.5, 0.6) is 0 Å². The van der Waals surface area contributed by atoms with Gasteiger partial charge >= 0.3 is 0 Å². The summed E-state index contributed by atoms with van der Waals surface area (Å²) >= 11 is 0. The molecule has 1 aromatic heterocycles. The van der Waals surface area contributed by atoms with Crippen LogP contribution in [0.15, 0.2) is 42.6 Å². The summed E-state index contributed by atoms with van der Waals surface area (Å²) in [5, 5.41) is 20.8. The fourth-order valence-electron chi connectivity index (χ4n) is 2.97. The van der Waals surface area contributed by atoms with Crippen molar-refractivity contribution < 1.29 is 4.79 Å². The Morgan fingerprint density at radius 1 is 1.12 bits per heavy atom. The molecule has 1 saturated carbocycles. The minimum Gasteiger partial charge on any atom is -0.346 e. The smallest absolute Gasteiger partial charge is 0.225 e. The molecule has 1 aliphatic carbocycles. The summed E-state index contributed by atoms with van der Waals surface area (Å²) in [5.41, 5.74) is 2.45. The first-order chi connectivity index (χ1) is 11.6. The van der Waals surface area contributed by atoms with Crippen LogP contribution in [0.1, 0.15) is 41.6 Å². The zero-order valence-corrected chi connectivity index (χ0v) is 13.1. The average molecular weight is 316 g/mol. The summed E-state index contributed by atoms with van der Waals surface area (Å²) in [4.78, 5) is 16.4. The van der Waals surface area contributed by atoms with Gasteiger partial charge in [-0.25, -0.2) is 4.98 Å². The first-order valence-corrected chi connectivity index (χ1v) is 7.82. The minimum absolute atomic E-state index is 0.0643. The molecule has 1 fully saturated rings. The highest BCUT2D eigenvalue weighted by molar-refractivity contribution is 5.79. The lowest BCUT2D eigenvalue weighted by molar-refractivity contribution is -0.123. The number of nitrogens with one attached hydrogen (secondary N) is 1. The molecule has 2 aromatic rings. The molecule has 1 amide bonds. The number of amides is 1. The number of hydrogen-bond donors (Lipinski definition) is 1. The molecule has 5 nitrogen and oxygen atoms in total. The minimum atomic E-state index is -0.328. The van der Waals surface area contributed by atoms with Gasteiger partial charge in [0.2, 0.25) is 5.91 Å². The molecule has 1 N–H and O–H groups in total. The van der Waals surface area contributed by atoms with Crippen LogP contribution in [0.3, 0.4) is 0 Å². The van der Waals surface area contributed by atoms with E-state index in [1.807, 2.05) is 18.2 Å². The summed E-state index contributed by atoms with van der Waals surface area (Å²) in [6, 6.07) is 14.8. The van der Waals surface area contributed by atoms with Gasteiger partial charge in [-0.2, -0.15) is 10.5 Å². The molecule has 1 heterocycles. The molecule has 0 aliphatic heterocycles. The van der Waals surface area contributed by atoms with E-state index in [2.05, 4.69) is 16.4 Å². The van der Waals surface area contributed by atoms with Crippen LogP contribution in [-0.2, 0) is 16.8 Å². The molecule has 118 valence electrons. The Kier molecular flexibility index (Phi) is 4.26. The lowest BCUT2D eigenvalue weighted by Gasteiger charge is -2.43. The van der Waals surface area contributed by atoms with Crippen LogP contribution < -0.4 is 5.32 Å². The topological polar surface area (TPSA) is 89.6 Å². The van der Waals surface area contributed by atoms with Gasteiger partial charge in [0.15, 0.2) is 0 Å². The van der Waals surface area contributed by atoms with E-state index in [0.29, 0.717) is 11.3 Å². The summed E-state index contributed by atoms with van der Waals surface area (Å²) in [5.74, 6) is -0.0643. The third-order valence-corrected chi connectivity index (χ3v) is 4.46. The van der Waals surface area contributed by atoms with Gasteiger partial charge in [0.25, 0.3) is 0 Å². The van der Waals surface area contributed by atoms with Crippen molar-refractivity contribution in [2.75, 3.05) is 0 Å². The number of aromatic nitrogens is 1. The van der Waals surface area contributed by atoms with Crippen molar-refractivity contribution in [2.24, 2.45) is 0 Å². The first kappa shape index (κ1) is 15.7. The third kappa shape index (κ3) is 3.11. The van der Waals surface area contributed by atoms with Crippen molar-refractivity contribution in [3.05, 3.63) is 65.0 Å². The van der Waals surface area contributed by atoms with Crippen LogP contribution in [0.2, 0.25) is 0 Å². The van der Waals surface area contributed by atoms with Gasteiger partial charge in [-0.1, -0.05) is 18.2 Å². The van der Waals surface area contributed by atoms with Gasteiger partial charge in [-0.15, -0.1) is 0 Å². The van der Waals surface area contributed by atoms with E-state index >= 15 is 0 Å². The molecular weight excluding hydrogens is 300 g/mol. The normalized spacial score (nSPS) is 14.8. The van der Waals surface area contributed by atoms with E-state index in [0.717, 1.165) is 30.4 Å². The van der Waals surface area contributed by atoms with E-state index in [1.165, 1.54) is 0 Å². The van der Waals surface area contributed by atoms with Crippen LogP contribution in [0.4, 0.5) is 0 Å². The fourth-order valence-corrected chi connectivity index (χ4v) is 2.97. The maximum absolute atomic E-state index is 12.4. The maximum atomic E-state index is 12.4. The first-order valence-electron chi connectivity index (χ1n) is 7.82. The van der Waals surface area contributed by atoms with Crippen LogP contribution in [0, 0.1) is 22.7 Å². The van der Waals surface area contributed by atoms with Crippen molar-refractivity contribution in [3.8, 4) is 12.1 Å². The largest absolute Gasteiger partial charge is 0.346 e. The zero-order valence-electron chi connectivity index (χ0n) is 13.1. The third-order valence-electron chi connectivity index (χ3n) is 4.46. The number of pyridine rings is 1. The predicted molar refractivity (Wildman–Crippen MR) is 87.5 cm³/mol. The SMILES string of the molecule is N#Cc1ccc(C2(NC(=O)Cc3ccc(C#N)nc3)CCC2)cc1. The number of rotatable bonds is 4. The summed E-state index contributed by atoms with van der Waals surface area (Å²) in [7, 11) is 0. The highest BCUT2D eigenvalue weighted by Crippen LogP contribution is 2.41. The van der Waals surface area contributed by atoms with E-state index in [-0.39, 0.29) is 17.9 Å². The van der Waals surface area contributed by atoms with Crippen LogP contribution >= 0.6 is 0 Å². The van der Waals surface area contributed by atoms with Crippen molar-refractivity contribution in [1.29, 1.82) is 10.5 Å². The maximum Gasteiger partial charge on any atom is 0.225 e. The predicted octanol–water partition coefficient (Wildman–Crippen LogP) is 2.56. The number of nitriles is 2. The lowest BCUT2D eigenvalue weighted by Crippen LogP contribution is -2.51. The quantitative estimate of drug-likeness (QED) is 0.938. The molecule has 24 heavy (non-hydrogen) atoms. The van der Waals surface area contributed by atoms with E-state index in [9.17, 15) is 4.79 Å². The summed E-state index contributed by atoms with van der Waals surface area (Å²) in [6.07, 6.45) is 4.66. The Morgan fingerprint density at radius 3 is 2.38 bits per heavy atom. The fraction of sp³-hybridized carbons (Fsp3) is 0.263. The Balaban J connectivity index is 1.71. The number of nitrogens with zero attached hydrogens (tertiary/aromatic N) is 3. The van der Waals surface area contributed by atoms with Crippen molar-refractivity contribution >= 4 is 5.91 Å². The zero-order chi connectivity index (χ0) is 17.0. The number of carbonyl (C=O) groups excluding carboxylic acids is 1. The van der Waals surface area contributed by atoms with Gasteiger partial charge in [-0.05, 0) is 48.6 Å². The van der Waals surface area contributed by atoms with Crippen LogP contribution in [-0.4, -0.2) is 10.9 Å². The lowest BCUT2D eigenvalue weighted by atomic mass is 9.71. The number of hydrogen-bond acceptors (Lipinski definition) is 4. The molecule has 0 saturated heterocycles. The van der Waals surface area contributed by atoms with Gasteiger partial charge in [0.05, 0.1) is 23.6 Å². The van der Waals surface area contributed by atoms with E-state index in [1.54, 1.807) is 30.5 Å². The van der Waals surface area contributed by atoms with Gasteiger partial charge in [0, 0.05) is 6.20 Å². The number of carbonyl (C=O) groups is 1. The molecule has 0 bridgehead atoms. The van der Waals surface area contributed by atoms with Gasteiger partial charge < -0.3 is 5.32 Å². The molecule has 0 spiro atoms. The van der Waals surface area contributed by atoms with Crippen molar-refractivity contribution in [1.82, 2.24) is 10.3 Å². The molecule has 5 heteroatoms. The standard InChI is InChI=1S/C19H16N4O/c20-11-14-2-5-16(6-3-14)19(8-1-9-19)23-18(24)10-15-4-7-17(12-21)22-13-15/h2-7,13H,1,8-10H2,(H,23,24). The Bertz CT molecular complexity index is 822. The average Bonchev–Trinajstić information content (AvgIpc) is 2.59. The monoisotopic (exact) mass is 316 g/mol.